The van der Waals surface area contributed by atoms with E-state index >= 15 is 0 Å². The zero-order valence-electron chi connectivity index (χ0n) is 15.6. The highest BCUT2D eigenvalue weighted by Crippen LogP contribution is 2.20. The molecule has 0 saturated carbocycles. The van der Waals surface area contributed by atoms with Crippen LogP contribution in [0.3, 0.4) is 0 Å². The second kappa shape index (κ2) is 8.30. The molecule has 29 heavy (non-hydrogen) atoms. The van der Waals surface area contributed by atoms with Gasteiger partial charge in [-0.1, -0.05) is 18.2 Å². The molecule has 0 saturated heterocycles. The van der Waals surface area contributed by atoms with Crippen LogP contribution in [0.4, 0.5) is 5.69 Å². The molecule has 3 N–H and O–H groups in total. The first-order chi connectivity index (χ1) is 14.2. The van der Waals surface area contributed by atoms with Gasteiger partial charge >= 0.3 is 0 Å². The third-order valence-electron chi connectivity index (χ3n) is 4.42. The van der Waals surface area contributed by atoms with Crippen LogP contribution in [-0.4, -0.2) is 30.6 Å². The Balaban J connectivity index is 1.59. The fraction of sp³-hybridized carbons (Fsp3) is 0.0952. The van der Waals surface area contributed by atoms with Crippen LogP contribution in [0.5, 0.6) is 0 Å². The van der Waals surface area contributed by atoms with Crippen LogP contribution in [-0.2, 0) is 13.0 Å². The highest BCUT2D eigenvalue weighted by Gasteiger charge is 2.12. The molecule has 0 bridgehead atoms. The van der Waals surface area contributed by atoms with Crippen molar-refractivity contribution in [3.8, 4) is 5.69 Å². The van der Waals surface area contributed by atoms with E-state index in [1.165, 1.54) is 6.20 Å². The fourth-order valence-electron chi connectivity index (χ4n) is 3.03. The molecule has 4 rings (SSSR count). The van der Waals surface area contributed by atoms with Gasteiger partial charge in [0.1, 0.15) is 0 Å². The van der Waals surface area contributed by atoms with Crippen LogP contribution in [0.2, 0.25) is 0 Å². The summed E-state index contributed by atoms with van der Waals surface area (Å²) in [5, 5.41) is 7.62. The first kappa shape index (κ1) is 18.3. The van der Waals surface area contributed by atoms with Crippen molar-refractivity contribution in [2.75, 3.05) is 5.32 Å². The number of benzene rings is 1. The first-order valence-electron chi connectivity index (χ1n) is 9.06. The van der Waals surface area contributed by atoms with Gasteiger partial charge in [0.15, 0.2) is 0 Å². The quantitative estimate of drug-likeness (QED) is 0.505. The minimum Gasteiger partial charge on any atom is -0.380 e. The number of hydrogen-bond acceptors (Lipinski definition) is 6. The van der Waals surface area contributed by atoms with E-state index in [1.54, 1.807) is 29.5 Å². The summed E-state index contributed by atoms with van der Waals surface area (Å²) in [7, 11) is 0. The third kappa shape index (κ3) is 4.27. The molecule has 0 aliphatic rings. The number of rotatable bonds is 7. The lowest BCUT2D eigenvalue weighted by Gasteiger charge is -2.14. The minimum atomic E-state index is -0.536. The Kier molecular flexibility index (Phi) is 5.24. The summed E-state index contributed by atoms with van der Waals surface area (Å²) >= 11 is 0. The van der Waals surface area contributed by atoms with E-state index < -0.39 is 5.91 Å². The van der Waals surface area contributed by atoms with Crippen molar-refractivity contribution >= 4 is 11.6 Å². The number of nitrogens with zero attached hydrogens (tertiary/aromatic N) is 5. The number of carbonyl (C=O) groups is 1. The maximum atomic E-state index is 11.9. The molecule has 3 aromatic heterocycles. The molecular formula is C21H19N7O. The number of para-hydroxylation sites is 1. The number of carbonyl (C=O) groups excluding carboxylic acids is 1. The Morgan fingerprint density at radius 2 is 1.93 bits per heavy atom. The number of aromatic nitrogens is 5. The summed E-state index contributed by atoms with van der Waals surface area (Å²) in [5.74, 6) is -0.536. The largest absolute Gasteiger partial charge is 0.380 e. The predicted octanol–water partition coefficient (Wildman–Crippen LogP) is 2.36. The number of anilines is 1. The van der Waals surface area contributed by atoms with E-state index in [0.717, 1.165) is 22.6 Å². The molecule has 0 atom stereocenters. The summed E-state index contributed by atoms with van der Waals surface area (Å²) in [6.07, 6.45) is 10.6. The molecule has 4 aromatic rings. The molecule has 0 aliphatic heterocycles. The van der Waals surface area contributed by atoms with Gasteiger partial charge in [-0.05, 0) is 23.8 Å². The van der Waals surface area contributed by atoms with Gasteiger partial charge in [0, 0.05) is 55.8 Å². The summed E-state index contributed by atoms with van der Waals surface area (Å²) in [6, 6.07) is 11.6. The van der Waals surface area contributed by atoms with Crippen LogP contribution >= 0.6 is 0 Å². The van der Waals surface area contributed by atoms with Crippen molar-refractivity contribution in [1.82, 2.24) is 24.7 Å². The van der Waals surface area contributed by atoms with Crippen molar-refractivity contribution in [3.63, 3.8) is 0 Å². The lowest BCUT2D eigenvalue weighted by molar-refractivity contribution is 0.100. The highest BCUT2D eigenvalue weighted by molar-refractivity contribution is 5.98. The van der Waals surface area contributed by atoms with Crippen molar-refractivity contribution in [3.05, 3.63) is 96.1 Å². The lowest BCUT2D eigenvalue weighted by Crippen LogP contribution is -2.16. The van der Waals surface area contributed by atoms with Gasteiger partial charge in [-0.25, -0.2) is 4.68 Å². The van der Waals surface area contributed by atoms with Crippen molar-refractivity contribution in [2.24, 2.45) is 5.73 Å². The Bertz CT molecular complexity index is 1110. The predicted molar refractivity (Wildman–Crippen MR) is 108 cm³/mol. The molecule has 8 heteroatoms. The molecule has 0 unspecified atom stereocenters. The zero-order valence-corrected chi connectivity index (χ0v) is 15.6. The maximum absolute atomic E-state index is 11.9. The summed E-state index contributed by atoms with van der Waals surface area (Å²) in [5.41, 5.74) is 10.0. The van der Waals surface area contributed by atoms with Gasteiger partial charge in [0.05, 0.1) is 22.6 Å². The van der Waals surface area contributed by atoms with Gasteiger partial charge in [-0.15, -0.1) is 0 Å². The van der Waals surface area contributed by atoms with E-state index in [0.29, 0.717) is 24.2 Å². The number of pyridine rings is 1. The first-order valence-corrected chi connectivity index (χ1v) is 9.06. The topological polar surface area (TPSA) is 112 Å². The van der Waals surface area contributed by atoms with E-state index in [-0.39, 0.29) is 0 Å². The second-order valence-electron chi connectivity index (χ2n) is 6.39. The van der Waals surface area contributed by atoms with Gasteiger partial charge in [0.25, 0.3) is 5.91 Å². The van der Waals surface area contributed by atoms with Gasteiger partial charge in [0.2, 0.25) is 0 Å². The van der Waals surface area contributed by atoms with E-state index in [2.05, 4.69) is 25.4 Å². The van der Waals surface area contributed by atoms with Gasteiger partial charge in [-0.3, -0.25) is 19.7 Å². The number of nitrogens with two attached hydrogens (primary N) is 1. The molecule has 0 spiro atoms. The smallest absolute Gasteiger partial charge is 0.252 e. The number of primary amides is 1. The normalized spacial score (nSPS) is 10.6. The van der Waals surface area contributed by atoms with E-state index in [4.69, 9.17) is 5.73 Å². The van der Waals surface area contributed by atoms with Crippen LogP contribution in [0.1, 0.15) is 27.3 Å². The average Bonchev–Trinajstić information content (AvgIpc) is 3.28. The minimum absolute atomic E-state index is 0.337. The molecule has 3 heterocycles. The van der Waals surface area contributed by atoms with Crippen molar-refractivity contribution in [1.29, 1.82) is 0 Å². The Morgan fingerprint density at radius 1 is 1.03 bits per heavy atom. The van der Waals surface area contributed by atoms with Crippen LogP contribution < -0.4 is 11.1 Å². The van der Waals surface area contributed by atoms with E-state index in [9.17, 15) is 4.79 Å². The Morgan fingerprint density at radius 3 is 2.69 bits per heavy atom. The van der Waals surface area contributed by atoms with Crippen molar-refractivity contribution < 1.29 is 4.79 Å². The Hall–Kier alpha value is -4.07. The monoisotopic (exact) mass is 385 g/mol. The molecule has 0 fully saturated rings. The van der Waals surface area contributed by atoms with Crippen molar-refractivity contribution in [2.45, 2.75) is 13.0 Å². The van der Waals surface area contributed by atoms with Gasteiger partial charge < -0.3 is 11.1 Å². The molecule has 8 nitrogen and oxygen atoms in total. The summed E-state index contributed by atoms with van der Waals surface area (Å²) in [4.78, 5) is 24.6. The molecule has 1 aromatic carbocycles. The third-order valence-corrected chi connectivity index (χ3v) is 4.42. The van der Waals surface area contributed by atoms with Crippen LogP contribution in [0.25, 0.3) is 5.69 Å². The zero-order chi connectivity index (χ0) is 20.1. The molecule has 144 valence electrons. The standard InChI is InChI=1S/C21H19N7O/c22-21(29)18-14-25-16(10-17-13-23-7-8-24-17)11-19(18)26-12-15-4-1-2-5-20(15)28-9-3-6-27-28/h1-9,11,13-14H,10,12H2,(H2,22,29)(H,25,26). The molecular weight excluding hydrogens is 366 g/mol. The van der Waals surface area contributed by atoms with Gasteiger partial charge in [-0.2, -0.15) is 5.10 Å². The molecule has 0 radical (unpaired) electrons. The van der Waals surface area contributed by atoms with Crippen LogP contribution in [0.15, 0.2) is 73.6 Å². The highest BCUT2D eigenvalue weighted by atomic mass is 16.1. The fourth-order valence-corrected chi connectivity index (χ4v) is 3.03. The van der Waals surface area contributed by atoms with E-state index in [1.807, 2.05) is 42.6 Å². The molecule has 1 amide bonds. The summed E-state index contributed by atoms with van der Waals surface area (Å²) in [6.45, 7) is 0.491. The number of nitrogens with one attached hydrogen (secondary N) is 1. The SMILES string of the molecule is NC(=O)c1cnc(Cc2cnccn2)cc1NCc1ccccc1-n1cccn1. The second-order valence-corrected chi connectivity index (χ2v) is 6.39. The Labute approximate surface area is 167 Å². The lowest BCUT2D eigenvalue weighted by atomic mass is 10.1. The number of hydrogen-bond donors (Lipinski definition) is 2. The summed E-state index contributed by atoms with van der Waals surface area (Å²) < 4.78 is 1.80. The van der Waals surface area contributed by atoms with Crippen LogP contribution in [0, 0.1) is 0 Å². The molecule has 0 aliphatic carbocycles. The average molecular weight is 385 g/mol. The maximum Gasteiger partial charge on any atom is 0.252 e. The number of amides is 1.